The van der Waals surface area contributed by atoms with Gasteiger partial charge in [0.25, 0.3) is 10.9 Å². The van der Waals surface area contributed by atoms with Crippen molar-refractivity contribution in [3.8, 4) is 0 Å². The maximum absolute atomic E-state index is 11.8. The summed E-state index contributed by atoms with van der Waals surface area (Å²) in [7, 11) is 0. The molecule has 1 aliphatic carbocycles. The van der Waals surface area contributed by atoms with Gasteiger partial charge in [-0.2, -0.15) is 0 Å². The van der Waals surface area contributed by atoms with Gasteiger partial charge in [-0.25, -0.2) is 0 Å². The molecule has 1 heterocycles. The van der Waals surface area contributed by atoms with Crippen molar-refractivity contribution < 1.29 is 4.74 Å². The summed E-state index contributed by atoms with van der Waals surface area (Å²) >= 11 is 0. The summed E-state index contributed by atoms with van der Waals surface area (Å²) in [4.78, 5) is 23.7. The molecule has 3 rings (SSSR count). The maximum atomic E-state index is 11.8. The molecule has 1 aromatic carbocycles. The smallest absolute Gasteiger partial charge is 0.253 e. The first kappa shape index (κ1) is 20.3. The second-order valence-electron chi connectivity index (χ2n) is 8.05. The maximum Gasteiger partial charge on any atom is 0.253 e. The summed E-state index contributed by atoms with van der Waals surface area (Å²) < 4.78 is 5.95. The highest BCUT2D eigenvalue weighted by atomic mass is 16.5. The number of nitrogens with one attached hydrogen (secondary N) is 3. The van der Waals surface area contributed by atoms with E-state index in [9.17, 15) is 9.59 Å². The number of unbranched alkanes of at least 4 members (excludes halogenated alkanes) is 3. The molecular formula is C21H35N3O3. The summed E-state index contributed by atoms with van der Waals surface area (Å²) in [6.07, 6.45) is 13.3. The molecule has 6 nitrogen and oxygen atoms in total. The molecule has 152 valence electrons. The van der Waals surface area contributed by atoms with Gasteiger partial charge in [-0.1, -0.05) is 32.1 Å². The second-order valence-corrected chi connectivity index (χ2v) is 8.05. The average Bonchev–Trinajstić information content (AvgIpc) is 2.72. The van der Waals surface area contributed by atoms with E-state index in [-0.39, 0.29) is 10.9 Å². The van der Waals surface area contributed by atoms with Crippen molar-refractivity contribution in [2.45, 2.75) is 82.8 Å². The minimum atomic E-state index is -0.368. The number of ether oxygens (including phenoxy) is 1. The Bertz CT molecular complexity index is 627. The fraction of sp³-hybridized carbons (Fsp3) is 0.810. The van der Waals surface area contributed by atoms with Crippen LogP contribution in [-0.4, -0.2) is 38.4 Å². The van der Waals surface area contributed by atoms with E-state index in [0.29, 0.717) is 23.5 Å². The van der Waals surface area contributed by atoms with E-state index in [1.54, 1.807) is 0 Å². The Morgan fingerprint density at radius 1 is 0.852 bits per heavy atom. The van der Waals surface area contributed by atoms with Gasteiger partial charge in [-0.05, 0) is 51.6 Å². The van der Waals surface area contributed by atoms with Gasteiger partial charge >= 0.3 is 0 Å². The molecule has 1 saturated carbocycles. The molecule has 0 atom stereocenters. The van der Waals surface area contributed by atoms with E-state index in [4.69, 9.17) is 4.74 Å². The molecule has 1 aromatic rings. The van der Waals surface area contributed by atoms with Crippen molar-refractivity contribution in [2.24, 2.45) is 0 Å². The number of anilines is 2. The van der Waals surface area contributed by atoms with Crippen LogP contribution in [0.4, 0.5) is 11.4 Å². The van der Waals surface area contributed by atoms with Crippen LogP contribution in [0, 0.1) is 0 Å². The fourth-order valence-electron chi connectivity index (χ4n) is 4.14. The predicted molar refractivity (Wildman–Crippen MR) is 111 cm³/mol. The summed E-state index contributed by atoms with van der Waals surface area (Å²) in [6, 6.07) is 0.291. The average molecular weight is 378 g/mol. The van der Waals surface area contributed by atoms with E-state index in [1.807, 2.05) is 0 Å². The Morgan fingerprint density at radius 3 is 2.33 bits per heavy atom. The first-order chi connectivity index (χ1) is 13.3. The van der Waals surface area contributed by atoms with Crippen LogP contribution in [0.1, 0.15) is 70.6 Å². The van der Waals surface area contributed by atoms with E-state index in [1.165, 1.54) is 32.1 Å². The minimum Gasteiger partial charge on any atom is -0.380 e. The largest absolute Gasteiger partial charge is 0.380 e. The van der Waals surface area contributed by atoms with E-state index in [0.717, 1.165) is 64.8 Å². The molecule has 27 heavy (non-hydrogen) atoms. The Balaban J connectivity index is 1.26. The van der Waals surface area contributed by atoms with Crippen LogP contribution < -0.4 is 26.8 Å². The zero-order valence-electron chi connectivity index (χ0n) is 16.5. The van der Waals surface area contributed by atoms with Gasteiger partial charge in [0, 0.05) is 19.2 Å². The van der Waals surface area contributed by atoms with Crippen LogP contribution >= 0.6 is 0 Å². The number of rotatable bonds is 11. The summed E-state index contributed by atoms with van der Waals surface area (Å²) in [5.41, 5.74) is 0.273. The lowest BCUT2D eigenvalue weighted by molar-refractivity contribution is 0.0263. The number of hydrogen-bond donors (Lipinski definition) is 3. The van der Waals surface area contributed by atoms with Gasteiger partial charge in [-0.15, -0.1) is 0 Å². The first-order valence-corrected chi connectivity index (χ1v) is 10.9. The molecule has 2 aliphatic rings. The molecule has 2 fully saturated rings. The highest BCUT2D eigenvalue weighted by Crippen LogP contribution is 2.21. The highest BCUT2D eigenvalue weighted by molar-refractivity contribution is 5.74. The molecule has 0 aromatic heterocycles. The minimum absolute atomic E-state index is 0.291. The predicted octanol–water partition coefficient (Wildman–Crippen LogP) is 2.77. The van der Waals surface area contributed by atoms with Gasteiger partial charge < -0.3 is 20.7 Å². The summed E-state index contributed by atoms with van der Waals surface area (Å²) in [5, 5.41) is 9.76. The Morgan fingerprint density at radius 2 is 1.56 bits per heavy atom. The number of hydrogen-bond acceptors (Lipinski definition) is 6. The molecule has 0 unspecified atom stereocenters. The lowest BCUT2D eigenvalue weighted by Gasteiger charge is -2.26. The van der Waals surface area contributed by atoms with E-state index in [2.05, 4.69) is 16.0 Å². The zero-order chi connectivity index (χ0) is 18.9. The van der Waals surface area contributed by atoms with E-state index >= 15 is 0 Å². The van der Waals surface area contributed by atoms with Gasteiger partial charge in [0.05, 0.1) is 6.10 Å². The summed E-state index contributed by atoms with van der Waals surface area (Å²) in [5.74, 6) is 0. The van der Waals surface area contributed by atoms with Gasteiger partial charge in [0.1, 0.15) is 11.4 Å². The van der Waals surface area contributed by atoms with Gasteiger partial charge in [0.2, 0.25) is 0 Å². The van der Waals surface area contributed by atoms with Gasteiger partial charge in [0.15, 0.2) is 0 Å². The van der Waals surface area contributed by atoms with Crippen molar-refractivity contribution in [3.63, 3.8) is 0 Å². The van der Waals surface area contributed by atoms with Gasteiger partial charge in [-0.3, -0.25) is 9.59 Å². The van der Waals surface area contributed by atoms with Crippen molar-refractivity contribution in [3.05, 3.63) is 20.4 Å². The van der Waals surface area contributed by atoms with Crippen LogP contribution in [0.2, 0.25) is 0 Å². The molecule has 0 spiro atoms. The van der Waals surface area contributed by atoms with Crippen LogP contribution in [0.5, 0.6) is 0 Å². The standard InChI is InChI=1S/C21H35N3O3/c25-20-18(19(21(20)26)24-16-10-13-22-14-11-16)23-12-6-1-2-7-15-27-17-8-4-3-5-9-17/h16-17,22-24H,1-15H2. The van der Waals surface area contributed by atoms with E-state index < -0.39 is 0 Å². The third-order valence-electron chi connectivity index (χ3n) is 5.88. The molecular weight excluding hydrogens is 342 g/mol. The topological polar surface area (TPSA) is 79.5 Å². The SMILES string of the molecule is O=c1c(NCCCCCCOC2CCCCC2)c(NC2CCNCC2)c1=O. The Hall–Kier alpha value is -1.40. The first-order valence-electron chi connectivity index (χ1n) is 10.9. The Kier molecular flexibility index (Phi) is 8.14. The third-order valence-corrected chi connectivity index (χ3v) is 5.88. The van der Waals surface area contributed by atoms with Crippen molar-refractivity contribution in [2.75, 3.05) is 36.9 Å². The van der Waals surface area contributed by atoms with Crippen molar-refractivity contribution in [1.82, 2.24) is 5.32 Å². The number of piperidine rings is 1. The molecule has 0 radical (unpaired) electrons. The fourth-order valence-corrected chi connectivity index (χ4v) is 4.14. The molecule has 0 bridgehead atoms. The van der Waals surface area contributed by atoms with Crippen LogP contribution in [0.15, 0.2) is 9.59 Å². The van der Waals surface area contributed by atoms with Crippen LogP contribution in [0.25, 0.3) is 0 Å². The Labute approximate surface area is 162 Å². The molecule has 1 saturated heterocycles. The quantitative estimate of drug-likeness (QED) is 0.406. The lowest BCUT2D eigenvalue weighted by atomic mass is 9.98. The summed E-state index contributed by atoms with van der Waals surface area (Å²) in [6.45, 7) is 3.54. The van der Waals surface area contributed by atoms with Crippen molar-refractivity contribution in [1.29, 1.82) is 0 Å². The molecule has 3 N–H and O–H groups in total. The highest BCUT2D eigenvalue weighted by Gasteiger charge is 2.23. The van der Waals surface area contributed by atoms with Crippen LogP contribution in [-0.2, 0) is 4.74 Å². The second kappa shape index (κ2) is 10.8. The van der Waals surface area contributed by atoms with Crippen LogP contribution in [0.3, 0.4) is 0 Å². The van der Waals surface area contributed by atoms with Crippen molar-refractivity contribution >= 4 is 11.4 Å². The third kappa shape index (κ3) is 6.04. The zero-order valence-corrected chi connectivity index (χ0v) is 16.5. The monoisotopic (exact) mass is 377 g/mol. The molecule has 0 amide bonds. The lowest BCUT2D eigenvalue weighted by Crippen LogP contribution is -2.42. The molecule has 1 aliphatic heterocycles. The normalized spacial score (nSPS) is 19.4. The molecule has 6 heteroatoms.